The molecule has 166 valence electrons. The monoisotopic (exact) mass is 478 g/mol. The van der Waals surface area contributed by atoms with Gasteiger partial charge in [-0.25, -0.2) is 0 Å². The van der Waals surface area contributed by atoms with Crippen LogP contribution in [0.2, 0.25) is 0 Å². The number of unbranched alkanes of at least 4 members (excludes halogenated alkanes) is 1. The minimum absolute atomic E-state index is 0.586. The zero-order valence-electron chi connectivity index (χ0n) is 18.3. The maximum absolute atomic E-state index is 6.03. The topological polar surface area (TPSA) is 49.9 Å². The van der Waals surface area contributed by atoms with E-state index in [1.54, 1.807) is 0 Å². The Kier molecular flexibility index (Phi) is 9.81. The van der Waals surface area contributed by atoms with Crippen LogP contribution in [-0.4, -0.2) is 81.4 Å². The lowest BCUT2D eigenvalue weighted by molar-refractivity contribution is 0.0354. The number of benzene rings is 1. The first-order chi connectivity index (χ1) is 14.6. The van der Waals surface area contributed by atoms with E-state index in [0.717, 1.165) is 92.0 Å². The Balaban J connectivity index is 1.53. The first kappa shape index (κ1) is 23.4. The van der Waals surface area contributed by atoms with Crippen molar-refractivity contribution >= 4 is 32.5 Å². The first-order valence-corrected chi connectivity index (χ1v) is 11.8. The highest BCUT2D eigenvalue weighted by molar-refractivity contribution is 9.10. The summed E-state index contributed by atoms with van der Waals surface area (Å²) >= 11 is 3.60. The molecule has 2 heterocycles. The van der Waals surface area contributed by atoms with Crippen molar-refractivity contribution in [1.82, 2.24) is 14.8 Å². The summed E-state index contributed by atoms with van der Waals surface area (Å²) in [5.74, 6) is 0. The van der Waals surface area contributed by atoms with Crippen LogP contribution in [-0.2, 0) is 16.1 Å². The van der Waals surface area contributed by atoms with Gasteiger partial charge in [0.1, 0.15) is 0 Å². The molecule has 1 aromatic heterocycles. The minimum atomic E-state index is 0.586. The Bertz CT molecular complexity index is 781. The summed E-state index contributed by atoms with van der Waals surface area (Å²) in [6.45, 7) is 8.34. The van der Waals surface area contributed by atoms with E-state index >= 15 is 0 Å². The van der Waals surface area contributed by atoms with Crippen molar-refractivity contribution < 1.29 is 9.47 Å². The molecule has 0 bridgehead atoms. The second kappa shape index (κ2) is 12.6. The fourth-order valence-electron chi connectivity index (χ4n) is 3.68. The molecular formula is C23H35BrN4O2. The van der Waals surface area contributed by atoms with Crippen molar-refractivity contribution in [1.29, 1.82) is 0 Å². The van der Waals surface area contributed by atoms with Crippen LogP contribution in [0.25, 0.3) is 10.9 Å². The third-order valence-electron chi connectivity index (χ3n) is 5.37. The number of hydrogen-bond acceptors (Lipinski definition) is 6. The number of rotatable bonds is 12. The number of pyridine rings is 1. The van der Waals surface area contributed by atoms with Crippen LogP contribution in [0.3, 0.4) is 0 Å². The van der Waals surface area contributed by atoms with Gasteiger partial charge in [0.2, 0.25) is 0 Å². The van der Waals surface area contributed by atoms with E-state index in [1.165, 1.54) is 6.42 Å². The summed E-state index contributed by atoms with van der Waals surface area (Å²) in [7, 11) is 4.22. The van der Waals surface area contributed by atoms with Gasteiger partial charge in [-0.15, -0.1) is 0 Å². The van der Waals surface area contributed by atoms with Gasteiger partial charge in [-0.3, -0.25) is 9.88 Å². The highest BCUT2D eigenvalue weighted by atomic mass is 79.9. The molecule has 1 aromatic carbocycles. The number of aromatic nitrogens is 1. The van der Waals surface area contributed by atoms with E-state index in [-0.39, 0.29) is 0 Å². The van der Waals surface area contributed by atoms with Crippen LogP contribution < -0.4 is 5.32 Å². The Hall–Kier alpha value is -1.25. The molecule has 0 radical (unpaired) electrons. The third kappa shape index (κ3) is 7.46. The van der Waals surface area contributed by atoms with Crippen molar-refractivity contribution in [3.63, 3.8) is 0 Å². The van der Waals surface area contributed by atoms with Gasteiger partial charge in [-0.2, -0.15) is 0 Å². The summed E-state index contributed by atoms with van der Waals surface area (Å²) in [6, 6.07) is 6.24. The van der Waals surface area contributed by atoms with Gasteiger partial charge in [-0.05, 0) is 64.6 Å². The highest BCUT2D eigenvalue weighted by Gasteiger charge is 2.11. The lowest BCUT2D eigenvalue weighted by Crippen LogP contribution is -2.36. The van der Waals surface area contributed by atoms with Crippen LogP contribution in [0.1, 0.15) is 24.8 Å². The molecule has 30 heavy (non-hydrogen) atoms. The summed E-state index contributed by atoms with van der Waals surface area (Å²) in [5, 5.41) is 4.79. The van der Waals surface area contributed by atoms with E-state index < -0.39 is 0 Å². The zero-order valence-corrected chi connectivity index (χ0v) is 19.9. The molecule has 1 aliphatic rings. The summed E-state index contributed by atoms with van der Waals surface area (Å²) in [4.78, 5) is 9.34. The molecule has 1 fully saturated rings. The SMILES string of the molecule is CN(C)CCCNc1c(COCCCCN2CCOCC2)cnc2ccc(Br)cc12. The first-order valence-electron chi connectivity index (χ1n) is 11.0. The van der Waals surface area contributed by atoms with Gasteiger partial charge in [0.15, 0.2) is 0 Å². The van der Waals surface area contributed by atoms with Gasteiger partial charge in [0.25, 0.3) is 0 Å². The van der Waals surface area contributed by atoms with Crippen molar-refractivity contribution in [2.75, 3.05) is 72.0 Å². The smallest absolute Gasteiger partial charge is 0.0752 e. The summed E-state index contributed by atoms with van der Waals surface area (Å²) in [6.07, 6.45) is 5.29. The van der Waals surface area contributed by atoms with Gasteiger partial charge in [-0.1, -0.05) is 15.9 Å². The number of halogens is 1. The summed E-state index contributed by atoms with van der Waals surface area (Å²) < 4.78 is 12.5. The summed E-state index contributed by atoms with van der Waals surface area (Å²) in [5.41, 5.74) is 3.27. The maximum Gasteiger partial charge on any atom is 0.0752 e. The second-order valence-electron chi connectivity index (χ2n) is 8.12. The highest BCUT2D eigenvalue weighted by Crippen LogP contribution is 2.29. The number of morpholine rings is 1. The van der Waals surface area contributed by atoms with Crippen molar-refractivity contribution in [2.45, 2.75) is 25.9 Å². The fourth-order valence-corrected chi connectivity index (χ4v) is 4.04. The molecule has 0 spiro atoms. The van der Waals surface area contributed by atoms with Crippen LogP contribution in [0, 0.1) is 0 Å². The zero-order chi connectivity index (χ0) is 21.2. The lowest BCUT2D eigenvalue weighted by atomic mass is 10.1. The van der Waals surface area contributed by atoms with E-state index in [2.05, 4.69) is 62.3 Å². The molecule has 1 saturated heterocycles. The molecule has 1 N–H and O–H groups in total. The largest absolute Gasteiger partial charge is 0.384 e. The van der Waals surface area contributed by atoms with E-state index in [4.69, 9.17) is 9.47 Å². The number of hydrogen-bond donors (Lipinski definition) is 1. The molecule has 1 aliphatic heterocycles. The van der Waals surface area contributed by atoms with Crippen molar-refractivity contribution in [3.05, 3.63) is 34.4 Å². The molecule has 3 rings (SSSR count). The van der Waals surface area contributed by atoms with Crippen LogP contribution >= 0.6 is 15.9 Å². The Morgan fingerprint density at radius 3 is 2.83 bits per heavy atom. The standard InChI is InChI=1S/C23H35BrN4O2/c1-27(2)9-5-8-25-23-19(17-26-22-7-6-20(24)16-21(22)23)18-30-13-4-3-10-28-11-14-29-15-12-28/h6-7,16-17H,3-5,8-15,18H2,1-2H3,(H,25,26). The molecule has 0 atom stereocenters. The number of nitrogens with zero attached hydrogens (tertiary/aromatic N) is 3. The quantitative estimate of drug-likeness (QED) is 0.465. The predicted octanol–water partition coefficient (Wildman–Crippen LogP) is 3.99. The lowest BCUT2D eigenvalue weighted by Gasteiger charge is -2.26. The van der Waals surface area contributed by atoms with Gasteiger partial charge in [0.05, 0.1) is 31.0 Å². The van der Waals surface area contributed by atoms with Gasteiger partial charge >= 0.3 is 0 Å². The molecule has 0 aliphatic carbocycles. The molecule has 2 aromatic rings. The Labute approximate surface area is 189 Å². The average molecular weight is 479 g/mol. The normalized spacial score (nSPS) is 15.2. The fraction of sp³-hybridized carbons (Fsp3) is 0.609. The number of nitrogens with one attached hydrogen (secondary N) is 1. The predicted molar refractivity (Wildman–Crippen MR) is 127 cm³/mol. The Morgan fingerprint density at radius 1 is 1.20 bits per heavy atom. The number of fused-ring (bicyclic) bond motifs is 1. The van der Waals surface area contributed by atoms with Gasteiger partial charge in [0, 0.05) is 47.9 Å². The molecule has 0 saturated carbocycles. The number of ether oxygens (including phenoxy) is 2. The second-order valence-corrected chi connectivity index (χ2v) is 9.03. The third-order valence-corrected chi connectivity index (χ3v) is 5.86. The van der Waals surface area contributed by atoms with E-state index in [9.17, 15) is 0 Å². The van der Waals surface area contributed by atoms with E-state index in [0.29, 0.717) is 6.61 Å². The minimum Gasteiger partial charge on any atom is -0.384 e. The maximum atomic E-state index is 6.03. The van der Waals surface area contributed by atoms with Crippen molar-refractivity contribution in [3.8, 4) is 0 Å². The van der Waals surface area contributed by atoms with Crippen molar-refractivity contribution in [2.24, 2.45) is 0 Å². The molecule has 6 nitrogen and oxygen atoms in total. The Morgan fingerprint density at radius 2 is 2.03 bits per heavy atom. The van der Waals surface area contributed by atoms with Crippen LogP contribution in [0.4, 0.5) is 5.69 Å². The van der Waals surface area contributed by atoms with Gasteiger partial charge < -0.3 is 19.7 Å². The molecule has 0 unspecified atom stereocenters. The number of anilines is 1. The van der Waals surface area contributed by atoms with Crippen LogP contribution in [0.5, 0.6) is 0 Å². The molecular weight excluding hydrogens is 444 g/mol. The average Bonchev–Trinajstić information content (AvgIpc) is 2.74. The molecule has 7 heteroatoms. The molecule has 0 amide bonds. The van der Waals surface area contributed by atoms with Crippen LogP contribution in [0.15, 0.2) is 28.9 Å². The van der Waals surface area contributed by atoms with E-state index in [1.807, 2.05) is 12.3 Å².